The van der Waals surface area contributed by atoms with Crippen LogP contribution in [0.15, 0.2) is 28.4 Å². The molecular formula is C13H17Cl2N3O2S. The summed E-state index contributed by atoms with van der Waals surface area (Å²) in [5.41, 5.74) is 1.38. The number of furan rings is 1. The number of nitrogens with zero attached hydrogens (tertiary/aromatic N) is 1. The first kappa shape index (κ1) is 18.0. The van der Waals surface area contributed by atoms with Gasteiger partial charge in [0.05, 0.1) is 6.26 Å². The van der Waals surface area contributed by atoms with E-state index in [1.807, 2.05) is 6.07 Å². The molecule has 3 rings (SSSR count). The van der Waals surface area contributed by atoms with E-state index in [0.29, 0.717) is 18.3 Å². The fraction of sp³-hybridized carbons (Fsp3) is 0.385. The molecule has 1 amide bonds. The molecule has 0 radical (unpaired) electrons. The minimum atomic E-state index is -0.111. The largest absolute Gasteiger partial charge is 0.472 e. The van der Waals surface area contributed by atoms with Gasteiger partial charge in [0, 0.05) is 23.5 Å². The number of amides is 1. The maximum Gasteiger partial charge on any atom is 0.270 e. The first-order valence-electron chi connectivity index (χ1n) is 6.32. The van der Waals surface area contributed by atoms with Gasteiger partial charge in [-0.2, -0.15) is 0 Å². The van der Waals surface area contributed by atoms with E-state index < -0.39 is 0 Å². The molecule has 2 N–H and O–H groups in total. The number of carbonyl (C=O) groups excluding carboxylic acids is 1. The summed E-state index contributed by atoms with van der Waals surface area (Å²) in [6.07, 6.45) is 5.53. The van der Waals surface area contributed by atoms with Crippen molar-refractivity contribution >= 4 is 42.1 Å². The molecule has 1 atom stereocenters. The van der Waals surface area contributed by atoms with Crippen LogP contribution in [0.25, 0.3) is 10.6 Å². The summed E-state index contributed by atoms with van der Waals surface area (Å²) in [4.78, 5) is 16.3. The zero-order chi connectivity index (χ0) is 13.1. The van der Waals surface area contributed by atoms with Gasteiger partial charge in [-0.05, 0) is 25.5 Å². The van der Waals surface area contributed by atoms with Gasteiger partial charge < -0.3 is 15.1 Å². The normalized spacial score (nSPS) is 16.9. The predicted molar refractivity (Wildman–Crippen MR) is 87.7 cm³/mol. The SMILES string of the molecule is Cl.Cl.O=C(NCC1CCCN1)c1csc(-c2ccoc2)n1. The third kappa shape index (κ3) is 4.44. The Morgan fingerprint density at radius 3 is 3.05 bits per heavy atom. The minimum Gasteiger partial charge on any atom is -0.472 e. The summed E-state index contributed by atoms with van der Waals surface area (Å²) in [5, 5.41) is 8.85. The molecule has 0 saturated carbocycles. The lowest BCUT2D eigenvalue weighted by Gasteiger charge is -2.10. The van der Waals surface area contributed by atoms with Crippen molar-refractivity contribution in [2.75, 3.05) is 13.1 Å². The Balaban J connectivity index is 0.00000110. The Morgan fingerprint density at radius 1 is 1.52 bits per heavy atom. The van der Waals surface area contributed by atoms with E-state index in [1.165, 1.54) is 17.8 Å². The predicted octanol–water partition coefficient (Wildman–Crippen LogP) is 2.73. The molecule has 0 aromatic carbocycles. The van der Waals surface area contributed by atoms with Crippen LogP contribution >= 0.6 is 36.2 Å². The van der Waals surface area contributed by atoms with Gasteiger partial charge in [-0.1, -0.05) is 0 Å². The number of aromatic nitrogens is 1. The monoisotopic (exact) mass is 349 g/mol. The highest BCUT2D eigenvalue weighted by molar-refractivity contribution is 7.13. The Kier molecular flexibility index (Phi) is 7.17. The molecule has 1 aliphatic heterocycles. The van der Waals surface area contributed by atoms with Crippen molar-refractivity contribution in [2.24, 2.45) is 0 Å². The average Bonchev–Trinajstić information content (AvgIpc) is 3.14. The fourth-order valence-corrected chi connectivity index (χ4v) is 2.92. The van der Waals surface area contributed by atoms with Crippen molar-refractivity contribution in [3.8, 4) is 10.6 Å². The van der Waals surface area contributed by atoms with E-state index in [-0.39, 0.29) is 30.7 Å². The molecule has 116 valence electrons. The van der Waals surface area contributed by atoms with Crippen LogP contribution in [-0.4, -0.2) is 30.0 Å². The van der Waals surface area contributed by atoms with Crippen molar-refractivity contribution in [3.63, 3.8) is 0 Å². The first-order valence-corrected chi connectivity index (χ1v) is 7.20. The number of thiazole rings is 1. The molecule has 0 spiro atoms. The molecule has 1 saturated heterocycles. The van der Waals surface area contributed by atoms with Crippen LogP contribution in [0, 0.1) is 0 Å². The van der Waals surface area contributed by atoms with Crippen molar-refractivity contribution in [1.29, 1.82) is 0 Å². The summed E-state index contributed by atoms with van der Waals surface area (Å²) in [6, 6.07) is 2.24. The van der Waals surface area contributed by atoms with Gasteiger partial charge in [0.25, 0.3) is 5.91 Å². The molecule has 0 bridgehead atoms. The number of carbonyl (C=O) groups is 1. The Labute approximate surface area is 139 Å². The van der Waals surface area contributed by atoms with Crippen LogP contribution in [-0.2, 0) is 0 Å². The highest BCUT2D eigenvalue weighted by Gasteiger charge is 2.17. The summed E-state index contributed by atoms with van der Waals surface area (Å²) in [6.45, 7) is 1.71. The quantitative estimate of drug-likeness (QED) is 0.890. The number of hydrogen-bond donors (Lipinski definition) is 2. The lowest BCUT2D eigenvalue weighted by atomic mass is 10.2. The Hall–Kier alpha value is -1.08. The maximum absolute atomic E-state index is 12.0. The molecule has 8 heteroatoms. The molecule has 1 aliphatic rings. The van der Waals surface area contributed by atoms with Gasteiger partial charge in [0.1, 0.15) is 17.0 Å². The molecule has 21 heavy (non-hydrogen) atoms. The highest BCUT2D eigenvalue weighted by atomic mass is 35.5. The van der Waals surface area contributed by atoms with Gasteiger partial charge in [-0.3, -0.25) is 4.79 Å². The lowest BCUT2D eigenvalue weighted by molar-refractivity contribution is 0.0946. The second-order valence-electron chi connectivity index (χ2n) is 4.55. The first-order chi connectivity index (χ1) is 9.33. The third-order valence-electron chi connectivity index (χ3n) is 3.18. The topological polar surface area (TPSA) is 67.2 Å². The van der Waals surface area contributed by atoms with Crippen LogP contribution in [0.2, 0.25) is 0 Å². The van der Waals surface area contributed by atoms with E-state index in [0.717, 1.165) is 23.5 Å². The summed E-state index contributed by atoms with van der Waals surface area (Å²) in [5.74, 6) is -0.111. The standard InChI is InChI=1S/C13H15N3O2S.2ClH/c17-12(15-6-10-2-1-4-14-10)11-8-19-13(16-11)9-3-5-18-7-9;;/h3,5,7-8,10,14H,1-2,4,6H2,(H,15,17);2*1H. The van der Waals surface area contributed by atoms with Gasteiger partial charge in [0.2, 0.25) is 0 Å². The summed E-state index contributed by atoms with van der Waals surface area (Å²) in [7, 11) is 0. The third-order valence-corrected chi connectivity index (χ3v) is 4.07. The second kappa shape index (κ2) is 8.38. The van der Waals surface area contributed by atoms with E-state index in [1.54, 1.807) is 17.9 Å². The van der Waals surface area contributed by atoms with Crippen molar-refractivity contribution < 1.29 is 9.21 Å². The van der Waals surface area contributed by atoms with E-state index in [4.69, 9.17) is 4.42 Å². The molecular weight excluding hydrogens is 333 g/mol. The minimum absolute atomic E-state index is 0. The lowest BCUT2D eigenvalue weighted by Crippen LogP contribution is -2.37. The average molecular weight is 350 g/mol. The van der Waals surface area contributed by atoms with Crippen LogP contribution in [0.4, 0.5) is 0 Å². The second-order valence-corrected chi connectivity index (χ2v) is 5.41. The zero-order valence-electron chi connectivity index (χ0n) is 11.2. The zero-order valence-corrected chi connectivity index (χ0v) is 13.7. The van der Waals surface area contributed by atoms with Crippen molar-refractivity contribution in [3.05, 3.63) is 29.7 Å². The van der Waals surface area contributed by atoms with Crippen LogP contribution in [0.3, 0.4) is 0 Å². The number of halogens is 2. The number of nitrogens with one attached hydrogen (secondary N) is 2. The number of rotatable bonds is 4. The Morgan fingerprint density at radius 2 is 2.38 bits per heavy atom. The van der Waals surface area contributed by atoms with Gasteiger partial charge in [0.15, 0.2) is 0 Å². The van der Waals surface area contributed by atoms with Crippen LogP contribution < -0.4 is 10.6 Å². The van der Waals surface area contributed by atoms with Gasteiger partial charge >= 0.3 is 0 Å². The van der Waals surface area contributed by atoms with E-state index >= 15 is 0 Å². The van der Waals surface area contributed by atoms with Crippen LogP contribution in [0.5, 0.6) is 0 Å². The molecule has 1 fully saturated rings. The smallest absolute Gasteiger partial charge is 0.270 e. The molecule has 0 aliphatic carbocycles. The fourth-order valence-electron chi connectivity index (χ4n) is 2.13. The maximum atomic E-state index is 12.0. The summed E-state index contributed by atoms with van der Waals surface area (Å²) >= 11 is 1.45. The Bertz CT molecular complexity index is 554. The van der Waals surface area contributed by atoms with Gasteiger partial charge in [-0.15, -0.1) is 36.2 Å². The summed E-state index contributed by atoms with van der Waals surface area (Å²) < 4.78 is 5.01. The number of hydrogen-bond acceptors (Lipinski definition) is 5. The van der Waals surface area contributed by atoms with Gasteiger partial charge in [-0.25, -0.2) is 4.98 Å². The van der Waals surface area contributed by atoms with Crippen molar-refractivity contribution in [2.45, 2.75) is 18.9 Å². The van der Waals surface area contributed by atoms with Crippen molar-refractivity contribution in [1.82, 2.24) is 15.6 Å². The highest BCUT2D eigenvalue weighted by Crippen LogP contribution is 2.23. The molecule has 1 unspecified atom stereocenters. The molecule has 5 nitrogen and oxygen atoms in total. The van der Waals surface area contributed by atoms with Crippen LogP contribution in [0.1, 0.15) is 23.3 Å². The molecule has 2 aromatic rings. The van der Waals surface area contributed by atoms with E-state index in [9.17, 15) is 4.79 Å². The molecule has 3 heterocycles. The van der Waals surface area contributed by atoms with E-state index in [2.05, 4.69) is 15.6 Å². The molecule has 2 aromatic heterocycles.